The summed E-state index contributed by atoms with van der Waals surface area (Å²) in [5, 5.41) is 5.08. The monoisotopic (exact) mass is 551 g/mol. The molecule has 2 N–H and O–H groups in total. The van der Waals surface area contributed by atoms with Crippen LogP contribution in [0.5, 0.6) is 11.6 Å². The van der Waals surface area contributed by atoms with E-state index in [-0.39, 0.29) is 52.4 Å². The van der Waals surface area contributed by atoms with Crippen LogP contribution in [-0.4, -0.2) is 32.3 Å². The lowest BCUT2D eigenvalue weighted by Crippen LogP contribution is -2.45. The van der Waals surface area contributed by atoms with E-state index >= 15 is 0 Å². The molecular formula is C27H20F3N5O5. The van der Waals surface area contributed by atoms with Crippen molar-refractivity contribution in [1.29, 1.82) is 0 Å². The van der Waals surface area contributed by atoms with Gasteiger partial charge in [-0.3, -0.25) is 29.1 Å². The summed E-state index contributed by atoms with van der Waals surface area (Å²) < 4.78 is 45.7. The van der Waals surface area contributed by atoms with E-state index in [1.165, 1.54) is 34.9 Å². The van der Waals surface area contributed by atoms with Crippen LogP contribution in [0.4, 0.5) is 18.9 Å². The summed E-state index contributed by atoms with van der Waals surface area (Å²) in [6.45, 7) is 1.55. The second kappa shape index (κ2) is 10.2. The van der Waals surface area contributed by atoms with Crippen LogP contribution < -0.4 is 20.9 Å². The summed E-state index contributed by atoms with van der Waals surface area (Å²) in [5.41, 5.74) is -0.888. The van der Waals surface area contributed by atoms with E-state index in [1.54, 1.807) is 19.1 Å². The van der Waals surface area contributed by atoms with Crippen molar-refractivity contribution >= 4 is 34.3 Å². The number of carbonyl (C=O) groups excluding carboxylic acids is 3. The van der Waals surface area contributed by atoms with Gasteiger partial charge in [0.15, 0.2) is 0 Å². The number of amides is 3. The number of benzene rings is 2. The number of hydrogen-bond donors (Lipinski definition) is 2. The third kappa shape index (κ3) is 5.25. The second-order valence-electron chi connectivity index (χ2n) is 8.97. The van der Waals surface area contributed by atoms with Crippen molar-refractivity contribution in [3.05, 3.63) is 88.1 Å². The Morgan fingerprint density at radius 1 is 1.10 bits per heavy atom. The van der Waals surface area contributed by atoms with Gasteiger partial charge in [-0.05, 0) is 49.7 Å². The number of ether oxygens (including phenoxy) is 1. The van der Waals surface area contributed by atoms with Crippen molar-refractivity contribution in [2.75, 3.05) is 5.32 Å². The van der Waals surface area contributed by atoms with Crippen LogP contribution >= 0.6 is 0 Å². The van der Waals surface area contributed by atoms with Crippen LogP contribution in [0.1, 0.15) is 40.6 Å². The van der Waals surface area contributed by atoms with Crippen molar-refractivity contribution in [3.8, 4) is 11.6 Å². The van der Waals surface area contributed by atoms with Crippen molar-refractivity contribution < 1.29 is 32.3 Å². The molecule has 3 amide bonds. The number of carbonyl (C=O) groups is 3. The maximum Gasteiger partial charge on any atom is 0.416 e. The zero-order valence-electron chi connectivity index (χ0n) is 20.8. The van der Waals surface area contributed by atoms with Gasteiger partial charge in [0.1, 0.15) is 23.1 Å². The Morgan fingerprint density at radius 2 is 1.88 bits per heavy atom. The van der Waals surface area contributed by atoms with Crippen LogP contribution in [0.3, 0.4) is 0 Å². The fourth-order valence-electron chi connectivity index (χ4n) is 4.38. The van der Waals surface area contributed by atoms with Gasteiger partial charge in [0.25, 0.3) is 11.5 Å². The molecule has 1 atom stereocenters. The van der Waals surface area contributed by atoms with Gasteiger partial charge in [-0.25, -0.2) is 9.97 Å². The fourth-order valence-corrected chi connectivity index (χ4v) is 4.38. The Kier molecular flexibility index (Phi) is 6.80. The van der Waals surface area contributed by atoms with Gasteiger partial charge in [0.05, 0.1) is 16.6 Å². The average Bonchev–Trinajstić information content (AvgIpc) is 2.90. The van der Waals surface area contributed by atoms with Crippen molar-refractivity contribution in [2.24, 2.45) is 0 Å². The predicted octanol–water partition coefficient (Wildman–Crippen LogP) is 4.14. The minimum Gasteiger partial charge on any atom is -0.439 e. The second-order valence-corrected chi connectivity index (χ2v) is 8.97. The number of pyridine rings is 1. The predicted molar refractivity (Wildman–Crippen MR) is 136 cm³/mol. The molecule has 4 aromatic rings. The number of anilines is 1. The van der Waals surface area contributed by atoms with Crippen molar-refractivity contribution in [2.45, 2.75) is 32.0 Å². The fraction of sp³-hybridized carbons (Fsp3) is 0.185. The summed E-state index contributed by atoms with van der Waals surface area (Å²) in [6, 6.07) is 11.0. The molecule has 3 heterocycles. The van der Waals surface area contributed by atoms with E-state index in [0.29, 0.717) is 0 Å². The number of para-hydroxylation sites is 1. The first-order chi connectivity index (χ1) is 19.0. The topological polar surface area (TPSA) is 132 Å². The van der Waals surface area contributed by atoms with Gasteiger partial charge in [-0.2, -0.15) is 13.2 Å². The molecule has 40 heavy (non-hydrogen) atoms. The first-order valence-electron chi connectivity index (χ1n) is 12.0. The number of aryl methyl sites for hydroxylation is 1. The van der Waals surface area contributed by atoms with E-state index in [9.17, 15) is 32.3 Å². The standard InChI is InChI=1S/C27H20F3N5O5/c1-14-32-23-18(26(39)35(14)20-8-9-21(36)34-25(20)38)6-3-7-19(23)33-24(37)15-4-2-5-17(12-15)40-22-13-16(10-11-31-22)27(28,29)30/h2-7,10-13,20H,8-9H2,1H3,(H,33,37)(H,34,36,38). The molecule has 1 aliphatic rings. The van der Waals surface area contributed by atoms with Crippen LogP contribution in [0.25, 0.3) is 10.9 Å². The van der Waals surface area contributed by atoms with Crippen LogP contribution in [-0.2, 0) is 15.8 Å². The normalized spacial score (nSPS) is 15.6. The number of fused-ring (bicyclic) bond motifs is 1. The zero-order chi connectivity index (χ0) is 28.6. The number of nitrogens with one attached hydrogen (secondary N) is 2. The quantitative estimate of drug-likeness (QED) is 0.356. The number of hydrogen-bond acceptors (Lipinski definition) is 7. The Balaban J connectivity index is 1.41. The van der Waals surface area contributed by atoms with Gasteiger partial charge in [0.2, 0.25) is 17.7 Å². The van der Waals surface area contributed by atoms with Gasteiger partial charge in [-0.1, -0.05) is 12.1 Å². The average molecular weight is 551 g/mol. The number of piperidine rings is 1. The molecule has 0 bridgehead atoms. The summed E-state index contributed by atoms with van der Waals surface area (Å²) in [4.78, 5) is 58.6. The van der Waals surface area contributed by atoms with E-state index in [0.717, 1.165) is 18.3 Å². The number of nitrogens with zero attached hydrogens (tertiary/aromatic N) is 3. The summed E-state index contributed by atoms with van der Waals surface area (Å²) in [6.07, 6.45) is -3.36. The van der Waals surface area contributed by atoms with E-state index in [2.05, 4.69) is 20.6 Å². The summed E-state index contributed by atoms with van der Waals surface area (Å²) in [7, 11) is 0. The molecular weight excluding hydrogens is 531 g/mol. The first kappa shape index (κ1) is 26.5. The number of halogens is 3. The van der Waals surface area contributed by atoms with Gasteiger partial charge in [-0.15, -0.1) is 0 Å². The maximum absolute atomic E-state index is 13.3. The summed E-state index contributed by atoms with van der Waals surface area (Å²) >= 11 is 0. The highest BCUT2D eigenvalue weighted by Gasteiger charge is 2.32. The SMILES string of the molecule is Cc1nc2c(NC(=O)c3cccc(Oc4cc(C(F)(F)F)ccn4)c3)cccc2c(=O)n1C1CCC(=O)NC1=O. The molecule has 1 unspecified atom stereocenters. The van der Waals surface area contributed by atoms with E-state index in [1.807, 2.05) is 0 Å². The molecule has 1 aliphatic heterocycles. The highest BCUT2D eigenvalue weighted by Crippen LogP contribution is 2.32. The Bertz CT molecular complexity index is 1730. The van der Waals surface area contributed by atoms with E-state index in [4.69, 9.17) is 4.74 Å². The van der Waals surface area contributed by atoms with Crippen LogP contribution in [0.15, 0.2) is 65.6 Å². The number of alkyl halides is 3. The molecule has 2 aromatic heterocycles. The third-order valence-electron chi connectivity index (χ3n) is 6.26. The molecule has 10 nitrogen and oxygen atoms in total. The molecule has 1 fully saturated rings. The number of rotatable bonds is 5. The smallest absolute Gasteiger partial charge is 0.416 e. The zero-order valence-corrected chi connectivity index (χ0v) is 20.8. The molecule has 13 heteroatoms. The lowest BCUT2D eigenvalue weighted by molar-refractivity contribution is -0.138. The summed E-state index contributed by atoms with van der Waals surface area (Å²) in [5.74, 6) is -1.59. The van der Waals surface area contributed by atoms with Crippen molar-refractivity contribution in [1.82, 2.24) is 19.9 Å². The van der Waals surface area contributed by atoms with Gasteiger partial charge >= 0.3 is 6.18 Å². The lowest BCUT2D eigenvalue weighted by atomic mass is 10.1. The van der Waals surface area contributed by atoms with Gasteiger partial charge in [0, 0.05) is 24.2 Å². The number of aromatic nitrogens is 3. The molecule has 5 rings (SSSR count). The van der Waals surface area contributed by atoms with Crippen LogP contribution in [0.2, 0.25) is 0 Å². The molecule has 204 valence electrons. The lowest BCUT2D eigenvalue weighted by Gasteiger charge is -2.24. The third-order valence-corrected chi connectivity index (χ3v) is 6.26. The van der Waals surface area contributed by atoms with Gasteiger partial charge < -0.3 is 10.1 Å². The molecule has 0 aliphatic carbocycles. The number of imide groups is 1. The first-order valence-corrected chi connectivity index (χ1v) is 12.0. The largest absolute Gasteiger partial charge is 0.439 e. The molecule has 0 radical (unpaired) electrons. The molecule has 0 saturated carbocycles. The molecule has 2 aromatic carbocycles. The highest BCUT2D eigenvalue weighted by atomic mass is 19.4. The van der Waals surface area contributed by atoms with Crippen LogP contribution in [0, 0.1) is 6.92 Å². The maximum atomic E-state index is 13.3. The van der Waals surface area contributed by atoms with Crippen molar-refractivity contribution in [3.63, 3.8) is 0 Å². The Hall–Kier alpha value is -5.07. The molecule has 0 spiro atoms. The minimum absolute atomic E-state index is 0.0819. The Morgan fingerprint density at radius 3 is 2.62 bits per heavy atom. The highest BCUT2D eigenvalue weighted by molar-refractivity contribution is 6.08. The Labute approximate surface area is 223 Å². The minimum atomic E-state index is -4.57. The molecule has 1 saturated heterocycles. The van der Waals surface area contributed by atoms with E-state index < -0.39 is 41.1 Å².